The molecule has 0 atom stereocenters. The van der Waals surface area contributed by atoms with E-state index in [0.717, 1.165) is 22.3 Å². The van der Waals surface area contributed by atoms with E-state index in [4.69, 9.17) is 0 Å². The molecule has 5 heteroatoms. The summed E-state index contributed by atoms with van der Waals surface area (Å²) < 4.78 is 0. The average molecular weight is 380 g/mol. The van der Waals surface area contributed by atoms with Gasteiger partial charge in [-0.1, -0.05) is 84.4 Å². The number of hydrogen-bond donors (Lipinski definition) is 2. The number of rotatable bonds is 5. The highest BCUT2D eigenvalue weighted by Gasteiger charge is 2.10. The number of aromatic amines is 1. The third-order valence-corrected chi connectivity index (χ3v) is 4.57. The van der Waals surface area contributed by atoms with Crippen LogP contribution in [0.5, 0.6) is 0 Å². The van der Waals surface area contributed by atoms with Gasteiger partial charge < -0.3 is 0 Å². The Hall–Kier alpha value is -3.99. The van der Waals surface area contributed by atoms with Crippen molar-refractivity contribution in [3.05, 3.63) is 102 Å². The summed E-state index contributed by atoms with van der Waals surface area (Å²) in [4.78, 5) is 12.3. The Kier molecular flexibility index (Phi) is 5.29. The van der Waals surface area contributed by atoms with Crippen LogP contribution in [0.3, 0.4) is 0 Å². The second-order valence-corrected chi connectivity index (χ2v) is 6.72. The minimum atomic E-state index is -0.340. The number of nitrogens with one attached hydrogen (secondary N) is 2. The summed E-state index contributed by atoms with van der Waals surface area (Å²) in [7, 11) is 0. The van der Waals surface area contributed by atoms with Gasteiger partial charge in [0.2, 0.25) is 0 Å². The van der Waals surface area contributed by atoms with E-state index < -0.39 is 0 Å². The van der Waals surface area contributed by atoms with Crippen LogP contribution in [0, 0.1) is 6.92 Å². The molecule has 4 rings (SSSR count). The van der Waals surface area contributed by atoms with E-state index in [2.05, 4.69) is 32.9 Å². The maximum absolute atomic E-state index is 12.3. The van der Waals surface area contributed by atoms with Crippen molar-refractivity contribution in [2.45, 2.75) is 6.92 Å². The summed E-state index contributed by atoms with van der Waals surface area (Å²) in [6.07, 6.45) is 1.61. The highest BCUT2D eigenvalue weighted by atomic mass is 16.2. The van der Waals surface area contributed by atoms with Gasteiger partial charge in [-0.15, -0.1) is 0 Å². The van der Waals surface area contributed by atoms with Crippen LogP contribution in [0.15, 0.2) is 90.0 Å². The molecule has 1 heterocycles. The number of benzene rings is 3. The number of amides is 1. The fourth-order valence-corrected chi connectivity index (χ4v) is 2.93. The van der Waals surface area contributed by atoms with Gasteiger partial charge in [-0.3, -0.25) is 9.89 Å². The fourth-order valence-electron chi connectivity index (χ4n) is 2.93. The summed E-state index contributed by atoms with van der Waals surface area (Å²) in [6.45, 7) is 2.02. The number of H-pyrrole nitrogens is 1. The standard InChI is InChI=1S/C24H20N4O/c1-17-7-9-18(10-8-17)16-25-28-24(29)23-15-22(26-27-23)21-13-11-20(12-14-21)19-5-3-2-4-6-19/h2-16H,1H3,(H,26,27)(H,28,29)/b25-16-. The van der Waals surface area contributed by atoms with Gasteiger partial charge in [0.05, 0.1) is 11.9 Å². The molecule has 5 nitrogen and oxygen atoms in total. The zero-order chi connectivity index (χ0) is 20.1. The van der Waals surface area contributed by atoms with Gasteiger partial charge in [-0.05, 0) is 29.7 Å². The highest BCUT2D eigenvalue weighted by molar-refractivity contribution is 5.94. The molecular formula is C24H20N4O. The number of carbonyl (C=O) groups is 1. The summed E-state index contributed by atoms with van der Waals surface area (Å²) in [5.74, 6) is -0.340. The van der Waals surface area contributed by atoms with E-state index >= 15 is 0 Å². The van der Waals surface area contributed by atoms with Crippen LogP contribution in [0.4, 0.5) is 0 Å². The summed E-state index contributed by atoms with van der Waals surface area (Å²) in [6, 6.07) is 27.9. The minimum absolute atomic E-state index is 0.340. The Morgan fingerprint density at radius 1 is 0.897 bits per heavy atom. The first-order valence-electron chi connectivity index (χ1n) is 9.30. The van der Waals surface area contributed by atoms with Crippen LogP contribution in [0.1, 0.15) is 21.6 Å². The number of hydrogen-bond acceptors (Lipinski definition) is 3. The molecule has 0 spiro atoms. The SMILES string of the molecule is Cc1ccc(/C=N\NC(=O)c2cc(-c3ccc(-c4ccccc4)cc3)n[nH]2)cc1. The Bertz CT molecular complexity index is 1130. The number of hydrazone groups is 1. The molecule has 0 saturated carbocycles. The molecule has 1 amide bonds. The summed E-state index contributed by atoms with van der Waals surface area (Å²) in [5, 5.41) is 11.0. The molecule has 1 aromatic heterocycles. The van der Waals surface area contributed by atoms with Crippen molar-refractivity contribution in [2.24, 2.45) is 5.10 Å². The van der Waals surface area contributed by atoms with Crippen LogP contribution < -0.4 is 5.43 Å². The van der Waals surface area contributed by atoms with Gasteiger partial charge in [-0.25, -0.2) is 5.43 Å². The Labute approximate surface area is 169 Å². The van der Waals surface area contributed by atoms with Crippen molar-refractivity contribution >= 4 is 12.1 Å². The van der Waals surface area contributed by atoms with Gasteiger partial charge in [0.1, 0.15) is 5.69 Å². The van der Waals surface area contributed by atoms with Crippen LogP contribution in [0.2, 0.25) is 0 Å². The lowest BCUT2D eigenvalue weighted by Gasteiger charge is -2.02. The van der Waals surface area contributed by atoms with Crippen molar-refractivity contribution < 1.29 is 4.79 Å². The molecule has 4 aromatic rings. The molecule has 0 fully saturated rings. The number of carbonyl (C=O) groups excluding carboxylic acids is 1. The monoisotopic (exact) mass is 380 g/mol. The predicted octanol–water partition coefficient (Wildman–Crippen LogP) is 4.82. The Balaban J connectivity index is 1.42. The summed E-state index contributed by atoms with van der Waals surface area (Å²) >= 11 is 0. The lowest BCUT2D eigenvalue weighted by molar-refractivity contribution is 0.0950. The predicted molar refractivity (Wildman–Crippen MR) is 116 cm³/mol. The zero-order valence-electron chi connectivity index (χ0n) is 16.0. The first-order chi connectivity index (χ1) is 14.2. The molecule has 0 bridgehead atoms. The smallest absolute Gasteiger partial charge is 0.272 e. The number of aromatic nitrogens is 2. The van der Waals surface area contributed by atoms with Crippen LogP contribution in [-0.4, -0.2) is 22.3 Å². The molecule has 29 heavy (non-hydrogen) atoms. The minimum Gasteiger partial charge on any atom is -0.272 e. The highest BCUT2D eigenvalue weighted by Crippen LogP contribution is 2.24. The molecule has 0 radical (unpaired) electrons. The van der Waals surface area contributed by atoms with Crippen molar-refractivity contribution in [3.8, 4) is 22.4 Å². The molecule has 0 aliphatic heterocycles. The van der Waals surface area contributed by atoms with Crippen molar-refractivity contribution in [3.63, 3.8) is 0 Å². The molecular weight excluding hydrogens is 360 g/mol. The number of nitrogens with zero attached hydrogens (tertiary/aromatic N) is 2. The van der Waals surface area contributed by atoms with Crippen LogP contribution in [-0.2, 0) is 0 Å². The molecule has 2 N–H and O–H groups in total. The van der Waals surface area contributed by atoms with E-state index in [1.165, 1.54) is 5.56 Å². The maximum Gasteiger partial charge on any atom is 0.289 e. The van der Waals surface area contributed by atoms with Crippen LogP contribution in [0.25, 0.3) is 22.4 Å². The second kappa shape index (κ2) is 8.35. The fraction of sp³-hybridized carbons (Fsp3) is 0.0417. The van der Waals surface area contributed by atoms with Crippen molar-refractivity contribution in [1.82, 2.24) is 15.6 Å². The van der Waals surface area contributed by atoms with Gasteiger partial charge in [0.25, 0.3) is 5.91 Å². The summed E-state index contributed by atoms with van der Waals surface area (Å²) in [5.41, 5.74) is 8.89. The Morgan fingerprint density at radius 3 is 2.28 bits per heavy atom. The third kappa shape index (κ3) is 4.47. The zero-order valence-corrected chi connectivity index (χ0v) is 16.0. The molecule has 0 aliphatic rings. The van der Waals surface area contributed by atoms with E-state index in [-0.39, 0.29) is 5.91 Å². The van der Waals surface area contributed by atoms with Crippen molar-refractivity contribution in [1.29, 1.82) is 0 Å². The van der Waals surface area contributed by atoms with Crippen molar-refractivity contribution in [2.75, 3.05) is 0 Å². The average Bonchev–Trinajstić information content (AvgIpc) is 3.26. The molecule has 0 aliphatic carbocycles. The Morgan fingerprint density at radius 2 is 1.55 bits per heavy atom. The van der Waals surface area contributed by atoms with E-state index in [0.29, 0.717) is 11.4 Å². The molecule has 0 unspecified atom stereocenters. The molecule has 3 aromatic carbocycles. The topological polar surface area (TPSA) is 70.1 Å². The molecule has 142 valence electrons. The second-order valence-electron chi connectivity index (χ2n) is 6.72. The van der Waals surface area contributed by atoms with E-state index in [9.17, 15) is 4.79 Å². The lowest BCUT2D eigenvalue weighted by Crippen LogP contribution is -2.17. The third-order valence-electron chi connectivity index (χ3n) is 4.57. The van der Waals surface area contributed by atoms with Gasteiger partial charge >= 0.3 is 0 Å². The first-order valence-corrected chi connectivity index (χ1v) is 9.30. The van der Waals surface area contributed by atoms with Crippen LogP contribution >= 0.6 is 0 Å². The van der Waals surface area contributed by atoms with Gasteiger partial charge in [0.15, 0.2) is 0 Å². The quantitative estimate of drug-likeness (QED) is 0.385. The van der Waals surface area contributed by atoms with Gasteiger partial charge in [-0.2, -0.15) is 10.2 Å². The van der Waals surface area contributed by atoms with E-state index in [1.54, 1.807) is 12.3 Å². The first kappa shape index (κ1) is 18.4. The number of aryl methyl sites for hydroxylation is 1. The van der Waals surface area contributed by atoms with E-state index in [1.807, 2.05) is 73.7 Å². The maximum atomic E-state index is 12.3. The lowest BCUT2D eigenvalue weighted by atomic mass is 10.0. The van der Waals surface area contributed by atoms with Gasteiger partial charge in [0, 0.05) is 5.56 Å². The molecule has 0 saturated heterocycles. The largest absolute Gasteiger partial charge is 0.289 e. The normalized spacial score (nSPS) is 10.9.